The van der Waals surface area contributed by atoms with Crippen LogP contribution < -0.4 is 15.4 Å². The minimum absolute atomic E-state index is 0.0525. The largest absolute Gasteiger partial charge is 0.383 e. The summed E-state index contributed by atoms with van der Waals surface area (Å²) in [5.74, 6) is 1.06. The van der Waals surface area contributed by atoms with Crippen LogP contribution in [0, 0.1) is 0 Å². The van der Waals surface area contributed by atoms with Crippen LogP contribution in [-0.4, -0.2) is 60.1 Å². The van der Waals surface area contributed by atoms with Gasteiger partial charge < -0.3 is 14.5 Å². The highest BCUT2D eigenvalue weighted by molar-refractivity contribution is 5.50. The summed E-state index contributed by atoms with van der Waals surface area (Å²) in [6.07, 6.45) is 9.94. The van der Waals surface area contributed by atoms with Crippen molar-refractivity contribution in [2.24, 2.45) is 0 Å². The molecule has 1 fully saturated rings. The number of hydrogen-bond donors (Lipinski definition) is 0. The average Bonchev–Trinajstić information content (AvgIpc) is 2.77. The first-order valence-corrected chi connectivity index (χ1v) is 10.5. The lowest BCUT2D eigenvalue weighted by Crippen LogP contribution is -2.41. The minimum atomic E-state index is -0.0525. The van der Waals surface area contributed by atoms with Crippen LogP contribution in [0.4, 0.5) is 11.5 Å². The van der Waals surface area contributed by atoms with Gasteiger partial charge in [-0.05, 0) is 38.5 Å². The lowest BCUT2D eigenvalue weighted by molar-refractivity contribution is 0.206. The van der Waals surface area contributed by atoms with E-state index in [1.54, 1.807) is 30.4 Å². The van der Waals surface area contributed by atoms with Gasteiger partial charge in [-0.3, -0.25) is 4.79 Å². The summed E-state index contributed by atoms with van der Waals surface area (Å²) in [4.78, 5) is 26.2. The van der Waals surface area contributed by atoms with Crippen LogP contribution in [0.5, 0.6) is 0 Å². The molecule has 1 unspecified atom stereocenters. The maximum Gasteiger partial charge on any atom is 0.269 e. The number of ether oxygens (including phenoxy) is 1. The molecule has 8 heteroatoms. The number of aryl methyl sites for hydroxylation is 1. The van der Waals surface area contributed by atoms with Crippen LogP contribution >= 0.6 is 0 Å². The van der Waals surface area contributed by atoms with Crippen molar-refractivity contribution in [2.45, 2.75) is 44.6 Å². The normalized spacial score (nSPS) is 19.1. The summed E-state index contributed by atoms with van der Waals surface area (Å²) in [5, 5.41) is 4.51. The van der Waals surface area contributed by atoms with E-state index < -0.39 is 0 Å². The van der Waals surface area contributed by atoms with Gasteiger partial charge in [0.1, 0.15) is 12.1 Å². The van der Waals surface area contributed by atoms with Crippen molar-refractivity contribution in [1.29, 1.82) is 0 Å². The summed E-state index contributed by atoms with van der Waals surface area (Å²) in [6, 6.07) is 1.73. The van der Waals surface area contributed by atoms with Crippen molar-refractivity contribution in [3.05, 3.63) is 40.2 Å². The number of methoxy groups -OCH3 is 1. The number of likely N-dealkylation sites (N-methyl/N-ethyl adjacent to an activating group) is 1. The SMILES string of the molecule is COCCN(C)c1cnn(C2CCCN(c3ncnc4c3CCCC4)C2)c(=O)c1. The molecule has 0 spiro atoms. The number of fused-ring (bicyclic) bond motifs is 1. The molecule has 1 aliphatic heterocycles. The van der Waals surface area contributed by atoms with Gasteiger partial charge in [0, 0.05) is 51.1 Å². The minimum Gasteiger partial charge on any atom is -0.383 e. The van der Waals surface area contributed by atoms with E-state index in [4.69, 9.17) is 4.74 Å². The molecule has 4 rings (SSSR count). The molecule has 0 saturated carbocycles. The standard InChI is InChI=1S/C21H30N6O2/c1-25(10-11-29-2)17-12-20(28)27(24-13-17)16-6-5-9-26(14-16)21-18-7-3-4-8-19(18)22-15-23-21/h12-13,15-16H,3-11,14H2,1-2H3. The van der Waals surface area contributed by atoms with Crippen molar-refractivity contribution < 1.29 is 4.74 Å². The van der Waals surface area contributed by atoms with Crippen molar-refractivity contribution in [3.8, 4) is 0 Å². The van der Waals surface area contributed by atoms with Gasteiger partial charge in [0.05, 0.1) is 24.5 Å². The lowest BCUT2D eigenvalue weighted by atomic mass is 9.95. The molecule has 1 aliphatic carbocycles. The predicted octanol–water partition coefficient (Wildman–Crippen LogP) is 1.84. The molecule has 1 atom stereocenters. The van der Waals surface area contributed by atoms with Gasteiger partial charge in [-0.25, -0.2) is 14.6 Å². The third-order valence-electron chi connectivity index (χ3n) is 6.03. The van der Waals surface area contributed by atoms with Crippen LogP contribution in [0.1, 0.15) is 43.0 Å². The first-order valence-electron chi connectivity index (χ1n) is 10.5. The summed E-state index contributed by atoms with van der Waals surface area (Å²) >= 11 is 0. The Bertz CT molecular complexity index is 899. The molecule has 156 valence electrons. The monoisotopic (exact) mass is 398 g/mol. The lowest BCUT2D eigenvalue weighted by Gasteiger charge is -2.35. The molecule has 2 aromatic rings. The van der Waals surface area contributed by atoms with Gasteiger partial charge in [0.15, 0.2) is 0 Å². The summed E-state index contributed by atoms with van der Waals surface area (Å²) in [6.45, 7) is 3.06. The Hall–Kier alpha value is -2.48. The Labute approximate surface area is 171 Å². The van der Waals surface area contributed by atoms with E-state index in [1.165, 1.54) is 24.1 Å². The van der Waals surface area contributed by atoms with Gasteiger partial charge in [-0.1, -0.05) is 0 Å². The Morgan fingerprint density at radius 2 is 2.10 bits per heavy atom. The molecule has 0 radical (unpaired) electrons. The van der Waals surface area contributed by atoms with Gasteiger partial charge in [0.2, 0.25) is 0 Å². The van der Waals surface area contributed by atoms with Crippen LogP contribution in [0.15, 0.2) is 23.4 Å². The maximum atomic E-state index is 12.8. The molecule has 2 aromatic heterocycles. The fourth-order valence-corrected chi connectivity index (χ4v) is 4.37. The van der Waals surface area contributed by atoms with Crippen LogP contribution in [0.2, 0.25) is 0 Å². The Morgan fingerprint density at radius 3 is 2.93 bits per heavy atom. The molecular weight excluding hydrogens is 368 g/mol. The highest BCUT2D eigenvalue weighted by atomic mass is 16.5. The van der Waals surface area contributed by atoms with Gasteiger partial charge in [0.25, 0.3) is 5.56 Å². The second-order valence-corrected chi connectivity index (χ2v) is 7.98. The topological polar surface area (TPSA) is 76.4 Å². The van der Waals surface area contributed by atoms with E-state index in [-0.39, 0.29) is 11.6 Å². The summed E-state index contributed by atoms with van der Waals surface area (Å²) < 4.78 is 6.76. The Morgan fingerprint density at radius 1 is 1.24 bits per heavy atom. The van der Waals surface area contributed by atoms with Gasteiger partial charge in [-0.2, -0.15) is 5.10 Å². The molecular formula is C21H30N6O2. The molecule has 2 aliphatic rings. The number of aromatic nitrogens is 4. The zero-order chi connectivity index (χ0) is 20.2. The van der Waals surface area contributed by atoms with Crippen molar-refractivity contribution >= 4 is 11.5 Å². The zero-order valence-corrected chi connectivity index (χ0v) is 17.4. The van der Waals surface area contributed by atoms with Crippen molar-refractivity contribution in [1.82, 2.24) is 19.7 Å². The summed E-state index contributed by atoms with van der Waals surface area (Å²) in [5.41, 5.74) is 3.26. The number of rotatable bonds is 6. The molecule has 3 heterocycles. The number of anilines is 2. The second kappa shape index (κ2) is 8.90. The van der Waals surface area contributed by atoms with Crippen LogP contribution in [-0.2, 0) is 17.6 Å². The third-order valence-corrected chi connectivity index (χ3v) is 6.03. The average molecular weight is 399 g/mol. The predicted molar refractivity (Wildman–Crippen MR) is 113 cm³/mol. The molecule has 0 N–H and O–H groups in total. The fraction of sp³-hybridized carbons (Fsp3) is 0.619. The first-order chi connectivity index (χ1) is 14.2. The van der Waals surface area contributed by atoms with Crippen LogP contribution in [0.25, 0.3) is 0 Å². The fourth-order valence-electron chi connectivity index (χ4n) is 4.37. The van der Waals surface area contributed by atoms with Crippen molar-refractivity contribution in [2.75, 3.05) is 50.2 Å². The smallest absolute Gasteiger partial charge is 0.269 e. The molecule has 8 nitrogen and oxygen atoms in total. The van der Waals surface area contributed by atoms with E-state index in [1.807, 2.05) is 11.9 Å². The molecule has 1 saturated heterocycles. The summed E-state index contributed by atoms with van der Waals surface area (Å²) in [7, 11) is 3.62. The van der Waals surface area contributed by atoms with E-state index in [0.717, 1.165) is 56.8 Å². The molecule has 29 heavy (non-hydrogen) atoms. The van der Waals surface area contributed by atoms with Crippen molar-refractivity contribution in [3.63, 3.8) is 0 Å². The zero-order valence-electron chi connectivity index (χ0n) is 17.4. The van der Waals surface area contributed by atoms with E-state index >= 15 is 0 Å². The number of nitrogens with zero attached hydrogens (tertiary/aromatic N) is 6. The molecule has 0 aromatic carbocycles. The van der Waals surface area contributed by atoms with E-state index in [2.05, 4.69) is 20.0 Å². The molecule has 0 amide bonds. The van der Waals surface area contributed by atoms with Gasteiger partial charge in [-0.15, -0.1) is 0 Å². The van der Waals surface area contributed by atoms with Gasteiger partial charge >= 0.3 is 0 Å². The Balaban J connectivity index is 1.53. The maximum absolute atomic E-state index is 12.8. The van der Waals surface area contributed by atoms with Crippen LogP contribution in [0.3, 0.4) is 0 Å². The second-order valence-electron chi connectivity index (χ2n) is 7.98. The van der Waals surface area contributed by atoms with E-state index in [0.29, 0.717) is 6.61 Å². The first kappa shape index (κ1) is 19.8. The quantitative estimate of drug-likeness (QED) is 0.735. The molecule has 0 bridgehead atoms. The third kappa shape index (κ3) is 4.27. The highest BCUT2D eigenvalue weighted by Crippen LogP contribution is 2.30. The highest BCUT2D eigenvalue weighted by Gasteiger charge is 2.27. The Kier molecular flexibility index (Phi) is 6.08. The number of hydrogen-bond acceptors (Lipinski definition) is 7. The van der Waals surface area contributed by atoms with E-state index in [9.17, 15) is 4.79 Å². The number of piperidine rings is 1.